The lowest BCUT2D eigenvalue weighted by molar-refractivity contribution is 0.124. The molecule has 0 spiro atoms. The van der Waals surface area contributed by atoms with Gasteiger partial charge in [-0.1, -0.05) is 12.1 Å². The van der Waals surface area contributed by atoms with Crippen LogP contribution >= 0.6 is 0 Å². The van der Waals surface area contributed by atoms with Gasteiger partial charge in [-0.15, -0.1) is 0 Å². The van der Waals surface area contributed by atoms with Gasteiger partial charge in [0, 0.05) is 19.8 Å². The molecule has 0 bridgehead atoms. The molecule has 1 aromatic rings. The van der Waals surface area contributed by atoms with Crippen LogP contribution in [0.1, 0.15) is 30.4 Å². The number of para-hydroxylation sites is 1. The van der Waals surface area contributed by atoms with E-state index in [0.717, 1.165) is 43.3 Å². The van der Waals surface area contributed by atoms with E-state index < -0.39 is 0 Å². The Kier molecular flexibility index (Phi) is 4.60. The van der Waals surface area contributed by atoms with Crippen molar-refractivity contribution in [3.05, 3.63) is 29.3 Å². The summed E-state index contributed by atoms with van der Waals surface area (Å²) >= 11 is 0. The van der Waals surface area contributed by atoms with Crippen LogP contribution < -0.4 is 5.32 Å². The molecule has 0 aliphatic heterocycles. The van der Waals surface area contributed by atoms with Crippen molar-refractivity contribution in [2.24, 2.45) is 5.92 Å². The first-order valence-electron chi connectivity index (χ1n) is 6.62. The summed E-state index contributed by atoms with van der Waals surface area (Å²) in [6.07, 6.45) is 3.66. The maximum Gasteiger partial charge on any atom is 0.101 e. The summed E-state index contributed by atoms with van der Waals surface area (Å²) in [6, 6.07) is 8.00. The Morgan fingerprint density at radius 3 is 3.00 bits per heavy atom. The minimum absolute atomic E-state index is 0.717. The fourth-order valence-electron chi connectivity index (χ4n) is 1.92. The number of anilines is 1. The number of ether oxygens (including phenoxy) is 1. The third kappa shape index (κ3) is 3.75. The van der Waals surface area contributed by atoms with Crippen LogP contribution in [-0.4, -0.2) is 19.8 Å². The maximum atomic E-state index is 9.04. The lowest BCUT2D eigenvalue weighted by Crippen LogP contribution is -2.08. The van der Waals surface area contributed by atoms with Gasteiger partial charge in [-0.25, -0.2) is 0 Å². The molecule has 0 saturated heterocycles. The highest BCUT2D eigenvalue weighted by atomic mass is 16.5. The van der Waals surface area contributed by atoms with Gasteiger partial charge in [0.15, 0.2) is 0 Å². The fraction of sp³-hybridized carbons (Fsp3) is 0.533. The van der Waals surface area contributed by atoms with Crippen molar-refractivity contribution in [3.63, 3.8) is 0 Å². The number of nitrogens with zero attached hydrogens (tertiary/aromatic N) is 1. The topological polar surface area (TPSA) is 45.0 Å². The fourth-order valence-corrected chi connectivity index (χ4v) is 1.92. The van der Waals surface area contributed by atoms with Crippen LogP contribution in [0.15, 0.2) is 18.2 Å². The highest BCUT2D eigenvalue weighted by molar-refractivity contribution is 5.62. The molecule has 1 aromatic carbocycles. The Hall–Kier alpha value is -1.53. The molecule has 1 aliphatic carbocycles. The molecule has 0 radical (unpaired) electrons. The van der Waals surface area contributed by atoms with E-state index in [0.29, 0.717) is 5.56 Å². The number of nitrogens with one attached hydrogen (secondary N) is 1. The Labute approximate surface area is 109 Å². The molecule has 1 N–H and O–H groups in total. The van der Waals surface area contributed by atoms with Gasteiger partial charge >= 0.3 is 0 Å². The SMILES string of the molecule is Cc1cccc(C#N)c1NCCCOCC1CC1. The zero-order chi connectivity index (χ0) is 12.8. The average Bonchev–Trinajstić information content (AvgIpc) is 3.19. The van der Waals surface area contributed by atoms with E-state index >= 15 is 0 Å². The second kappa shape index (κ2) is 6.42. The summed E-state index contributed by atoms with van der Waals surface area (Å²) < 4.78 is 5.58. The van der Waals surface area contributed by atoms with Crippen molar-refractivity contribution < 1.29 is 4.74 Å². The van der Waals surface area contributed by atoms with Crippen LogP contribution in [0.2, 0.25) is 0 Å². The molecule has 2 rings (SSSR count). The molecular formula is C15H20N2O. The average molecular weight is 244 g/mol. The zero-order valence-electron chi connectivity index (χ0n) is 10.9. The van der Waals surface area contributed by atoms with Gasteiger partial charge in [-0.3, -0.25) is 0 Å². The van der Waals surface area contributed by atoms with Crippen molar-refractivity contribution in [2.75, 3.05) is 25.1 Å². The second-order valence-electron chi connectivity index (χ2n) is 4.91. The predicted molar refractivity (Wildman–Crippen MR) is 72.5 cm³/mol. The number of nitriles is 1. The Balaban J connectivity index is 1.70. The summed E-state index contributed by atoms with van der Waals surface area (Å²) in [5, 5.41) is 12.4. The summed E-state index contributed by atoms with van der Waals surface area (Å²) in [5.41, 5.74) is 2.80. The minimum atomic E-state index is 0.717. The first-order valence-corrected chi connectivity index (χ1v) is 6.62. The van der Waals surface area contributed by atoms with E-state index in [1.54, 1.807) is 0 Å². The zero-order valence-corrected chi connectivity index (χ0v) is 10.9. The number of aryl methyl sites for hydroxylation is 1. The Morgan fingerprint density at radius 2 is 2.28 bits per heavy atom. The highest BCUT2D eigenvalue weighted by Crippen LogP contribution is 2.28. The largest absolute Gasteiger partial charge is 0.384 e. The molecule has 0 heterocycles. The number of rotatable bonds is 7. The van der Waals surface area contributed by atoms with Crippen molar-refractivity contribution in [3.8, 4) is 6.07 Å². The number of hydrogen-bond acceptors (Lipinski definition) is 3. The van der Waals surface area contributed by atoms with Crippen LogP contribution in [0.5, 0.6) is 0 Å². The van der Waals surface area contributed by atoms with Crippen LogP contribution in [0.25, 0.3) is 0 Å². The van der Waals surface area contributed by atoms with Crippen LogP contribution in [0, 0.1) is 24.2 Å². The van der Waals surface area contributed by atoms with Crippen molar-refractivity contribution >= 4 is 5.69 Å². The summed E-state index contributed by atoms with van der Waals surface area (Å²) in [5.74, 6) is 0.833. The van der Waals surface area contributed by atoms with Crippen LogP contribution in [-0.2, 0) is 4.74 Å². The minimum Gasteiger partial charge on any atom is -0.384 e. The smallest absolute Gasteiger partial charge is 0.101 e. The van der Waals surface area contributed by atoms with Gasteiger partial charge in [-0.2, -0.15) is 5.26 Å². The normalized spacial score (nSPS) is 14.2. The standard InChI is InChI=1S/C15H20N2O/c1-12-4-2-5-14(10-16)15(12)17-8-3-9-18-11-13-6-7-13/h2,4-5,13,17H,3,6-9,11H2,1H3. The van der Waals surface area contributed by atoms with Gasteiger partial charge < -0.3 is 10.1 Å². The number of benzene rings is 1. The van der Waals surface area contributed by atoms with E-state index in [1.165, 1.54) is 12.8 Å². The third-order valence-corrected chi connectivity index (χ3v) is 3.21. The molecule has 0 aromatic heterocycles. The number of hydrogen-bond donors (Lipinski definition) is 1. The molecule has 1 aliphatic rings. The Morgan fingerprint density at radius 1 is 1.44 bits per heavy atom. The van der Waals surface area contributed by atoms with E-state index in [4.69, 9.17) is 10.00 Å². The Bertz CT molecular complexity index is 433. The molecule has 1 saturated carbocycles. The van der Waals surface area contributed by atoms with E-state index in [1.807, 2.05) is 25.1 Å². The highest BCUT2D eigenvalue weighted by Gasteiger charge is 2.20. The van der Waals surface area contributed by atoms with Gasteiger partial charge in [0.2, 0.25) is 0 Å². The first-order chi connectivity index (χ1) is 8.81. The maximum absolute atomic E-state index is 9.04. The predicted octanol–water partition coefficient (Wildman–Crippen LogP) is 3.10. The lowest BCUT2D eigenvalue weighted by Gasteiger charge is -2.11. The molecule has 3 nitrogen and oxygen atoms in total. The van der Waals surface area contributed by atoms with Gasteiger partial charge in [0.25, 0.3) is 0 Å². The first kappa shape index (κ1) is 12.9. The van der Waals surface area contributed by atoms with Crippen molar-refractivity contribution in [1.82, 2.24) is 0 Å². The summed E-state index contributed by atoms with van der Waals surface area (Å²) in [4.78, 5) is 0. The lowest BCUT2D eigenvalue weighted by atomic mass is 10.1. The van der Waals surface area contributed by atoms with E-state index in [2.05, 4.69) is 11.4 Å². The van der Waals surface area contributed by atoms with Crippen molar-refractivity contribution in [2.45, 2.75) is 26.2 Å². The van der Waals surface area contributed by atoms with E-state index in [9.17, 15) is 0 Å². The molecule has 0 unspecified atom stereocenters. The van der Waals surface area contributed by atoms with Crippen molar-refractivity contribution in [1.29, 1.82) is 5.26 Å². The third-order valence-electron chi connectivity index (χ3n) is 3.21. The van der Waals surface area contributed by atoms with Gasteiger partial charge in [0.1, 0.15) is 6.07 Å². The molecule has 1 fully saturated rings. The molecule has 0 atom stereocenters. The molecule has 96 valence electrons. The second-order valence-corrected chi connectivity index (χ2v) is 4.91. The molecule has 3 heteroatoms. The molecule has 18 heavy (non-hydrogen) atoms. The molecule has 0 amide bonds. The molecular weight excluding hydrogens is 224 g/mol. The van der Waals surface area contributed by atoms with Crippen LogP contribution in [0.4, 0.5) is 5.69 Å². The summed E-state index contributed by atoms with van der Waals surface area (Å²) in [7, 11) is 0. The van der Waals surface area contributed by atoms with Gasteiger partial charge in [0.05, 0.1) is 11.3 Å². The van der Waals surface area contributed by atoms with Gasteiger partial charge in [-0.05, 0) is 43.7 Å². The quantitative estimate of drug-likeness (QED) is 0.750. The summed E-state index contributed by atoms with van der Waals surface area (Å²) in [6.45, 7) is 4.60. The van der Waals surface area contributed by atoms with Crippen LogP contribution in [0.3, 0.4) is 0 Å². The van der Waals surface area contributed by atoms with E-state index in [-0.39, 0.29) is 0 Å². The monoisotopic (exact) mass is 244 g/mol.